The molecule has 0 N–H and O–H groups in total. The number of aromatic nitrogens is 2. The molecule has 0 aliphatic carbocycles. The molecule has 1 aliphatic heterocycles. The molecule has 1 fully saturated rings. The highest BCUT2D eigenvalue weighted by molar-refractivity contribution is 7.00. The zero-order valence-corrected chi connectivity index (χ0v) is 9.50. The van der Waals surface area contributed by atoms with Crippen molar-refractivity contribution in [2.75, 3.05) is 18.0 Å². The summed E-state index contributed by atoms with van der Waals surface area (Å²) in [4.78, 5) is 2.32. The average Bonchev–Trinajstić information content (AvgIpc) is 2.98. The van der Waals surface area contributed by atoms with Crippen molar-refractivity contribution in [3.05, 3.63) is 17.7 Å². The van der Waals surface area contributed by atoms with Gasteiger partial charge in [0.15, 0.2) is 0 Å². The molecular weight excluding hydrogens is 220 g/mol. The highest BCUT2D eigenvalue weighted by atomic mass is 32.1. The summed E-state index contributed by atoms with van der Waals surface area (Å²) >= 11 is 1.18. The van der Waals surface area contributed by atoms with Crippen LogP contribution in [-0.4, -0.2) is 21.8 Å². The second kappa shape index (κ2) is 3.72. The van der Waals surface area contributed by atoms with Crippen LogP contribution < -0.4 is 4.90 Å². The van der Waals surface area contributed by atoms with Gasteiger partial charge in [-0.3, -0.25) is 0 Å². The van der Waals surface area contributed by atoms with E-state index in [0.717, 1.165) is 29.8 Å². The predicted molar refractivity (Wildman–Crippen MR) is 63.6 cm³/mol. The first kappa shape index (κ1) is 9.55. The van der Waals surface area contributed by atoms with Crippen LogP contribution >= 0.6 is 11.7 Å². The van der Waals surface area contributed by atoms with Crippen molar-refractivity contribution in [1.82, 2.24) is 8.75 Å². The summed E-state index contributed by atoms with van der Waals surface area (Å²) in [6.07, 6.45) is 2.47. The minimum atomic E-state index is 0.617. The lowest BCUT2D eigenvalue weighted by atomic mass is 10.1. The molecule has 0 saturated carbocycles. The average molecular weight is 230 g/mol. The highest BCUT2D eigenvalue weighted by Gasteiger charge is 2.18. The van der Waals surface area contributed by atoms with Crippen LogP contribution in [0.5, 0.6) is 0 Å². The Bertz CT molecular complexity index is 563. The number of hydrogen-bond acceptors (Lipinski definition) is 5. The molecule has 1 aromatic heterocycles. The zero-order chi connectivity index (χ0) is 11.0. The van der Waals surface area contributed by atoms with Crippen molar-refractivity contribution in [1.29, 1.82) is 5.26 Å². The van der Waals surface area contributed by atoms with E-state index in [0.29, 0.717) is 5.56 Å². The van der Waals surface area contributed by atoms with E-state index in [2.05, 4.69) is 19.7 Å². The maximum Gasteiger partial charge on any atom is 0.129 e. The van der Waals surface area contributed by atoms with E-state index in [9.17, 15) is 0 Å². The molecule has 4 nitrogen and oxygen atoms in total. The number of nitrogens with zero attached hydrogens (tertiary/aromatic N) is 4. The molecule has 16 heavy (non-hydrogen) atoms. The van der Waals surface area contributed by atoms with Gasteiger partial charge in [-0.05, 0) is 25.0 Å². The Hall–Kier alpha value is -1.67. The fraction of sp³-hybridized carbons (Fsp3) is 0.364. The third-order valence-electron chi connectivity index (χ3n) is 2.96. The maximum atomic E-state index is 8.98. The second-order valence-electron chi connectivity index (χ2n) is 3.90. The molecule has 0 radical (unpaired) electrons. The van der Waals surface area contributed by atoms with Crippen LogP contribution in [0.25, 0.3) is 11.0 Å². The van der Waals surface area contributed by atoms with E-state index in [-0.39, 0.29) is 0 Å². The summed E-state index contributed by atoms with van der Waals surface area (Å²) in [6, 6.07) is 6.00. The molecular formula is C11H10N4S. The third-order valence-corrected chi connectivity index (χ3v) is 3.49. The van der Waals surface area contributed by atoms with Gasteiger partial charge in [0.1, 0.15) is 17.1 Å². The Morgan fingerprint density at radius 1 is 1.19 bits per heavy atom. The molecule has 0 unspecified atom stereocenters. The van der Waals surface area contributed by atoms with Gasteiger partial charge in [0.2, 0.25) is 0 Å². The van der Waals surface area contributed by atoms with Crippen molar-refractivity contribution in [3.63, 3.8) is 0 Å². The molecule has 0 amide bonds. The smallest absolute Gasteiger partial charge is 0.129 e. The SMILES string of the molecule is N#Cc1ccc(N2CCCC2)c2nsnc12. The Morgan fingerprint density at radius 3 is 2.69 bits per heavy atom. The number of benzene rings is 1. The number of hydrogen-bond donors (Lipinski definition) is 0. The maximum absolute atomic E-state index is 8.98. The number of anilines is 1. The van der Waals surface area contributed by atoms with Gasteiger partial charge in [0, 0.05) is 13.1 Å². The summed E-state index contributed by atoms with van der Waals surface area (Å²) < 4.78 is 8.51. The van der Waals surface area contributed by atoms with E-state index in [1.54, 1.807) is 0 Å². The second-order valence-corrected chi connectivity index (χ2v) is 4.43. The summed E-state index contributed by atoms with van der Waals surface area (Å²) in [5, 5.41) is 8.98. The van der Waals surface area contributed by atoms with Gasteiger partial charge in [0.05, 0.1) is 23.0 Å². The van der Waals surface area contributed by atoms with Gasteiger partial charge < -0.3 is 4.90 Å². The van der Waals surface area contributed by atoms with Gasteiger partial charge in [-0.1, -0.05) is 0 Å². The molecule has 1 saturated heterocycles. The molecule has 0 spiro atoms. The van der Waals surface area contributed by atoms with Crippen molar-refractivity contribution < 1.29 is 0 Å². The molecule has 5 heteroatoms. The minimum Gasteiger partial charge on any atom is -0.370 e. The third kappa shape index (κ3) is 1.34. The van der Waals surface area contributed by atoms with Crippen molar-refractivity contribution in [2.45, 2.75) is 12.8 Å². The van der Waals surface area contributed by atoms with E-state index < -0.39 is 0 Å². The van der Waals surface area contributed by atoms with Gasteiger partial charge in [-0.25, -0.2) is 0 Å². The van der Waals surface area contributed by atoms with Crippen LogP contribution in [-0.2, 0) is 0 Å². The lowest BCUT2D eigenvalue weighted by Gasteiger charge is -2.17. The molecule has 3 rings (SSSR count). The normalized spacial score (nSPS) is 15.6. The van der Waals surface area contributed by atoms with Crippen molar-refractivity contribution >= 4 is 28.4 Å². The van der Waals surface area contributed by atoms with Gasteiger partial charge in [-0.15, -0.1) is 0 Å². The standard InChI is InChI=1S/C11H10N4S/c12-7-8-3-4-9(15-5-1-2-6-15)11-10(8)13-16-14-11/h3-4H,1-2,5-6H2. The summed E-state index contributed by atoms with van der Waals surface area (Å²) in [7, 11) is 0. The summed E-state index contributed by atoms with van der Waals surface area (Å²) in [6.45, 7) is 2.16. The molecule has 1 aromatic carbocycles. The molecule has 2 aromatic rings. The van der Waals surface area contributed by atoms with E-state index in [1.165, 1.54) is 24.6 Å². The Morgan fingerprint density at radius 2 is 1.94 bits per heavy atom. The Balaban J connectivity index is 2.19. The zero-order valence-electron chi connectivity index (χ0n) is 8.68. The molecule has 2 heterocycles. The van der Waals surface area contributed by atoms with Crippen molar-refractivity contribution in [3.8, 4) is 6.07 Å². The van der Waals surface area contributed by atoms with E-state index in [4.69, 9.17) is 5.26 Å². The van der Waals surface area contributed by atoms with Crippen LogP contribution in [0.15, 0.2) is 12.1 Å². The number of nitriles is 1. The minimum absolute atomic E-state index is 0.617. The van der Waals surface area contributed by atoms with Crippen LogP contribution in [0.3, 0.4) is 0 Å². The highest BCUT2D eigenvalue weighted by Crippen LogP contribution is 2.29. The largest absolute Gasteiger partial charge is 0.370 e. The first-order valence-electron chi connectivity index (χ1n) is 5.30. The lowest BCUT2D eigenvalue weighted by molar-refractivity contribution is 0.949. The Labute approximate surface area is 97.4 Å². The Kier molecular flexibility index (Phi) is 2.22. The van der Waals surface area contributed by atoms with Crippen LogP contribution in [0.4, 0.5) is 5.69 Å². The molecule has 0 atom stereocenters. The van der Waals surface area contributed by atoms with Gasteiger partial charge in [-0.2, -0.15) is 14.0 Å². The molecule has 0 bridgehead atoms. The topological polar surface area (TPSA) is 52.8 Å². The van der Waals surface area contributed by atoms with Crippen molar-refractivity contribution in [2.24, 2.45) is 0 Å². The first-order chi connectivity index (χ1) is 7.90. The lowest BCUT2D eigenvalue weighted by Crippen LogP contribution is -2.17. The number of fused-ring (bicyclic) bond motifs is 1. The fourth-order valence-electron chi connectivity index (χ4n) is 2.16. The van der Waals surface area contributed by atoms with Crippen LogP contribution in [0, 0.1) is 11.3 Å². The number of rotatable bonds is 1. The predicted octanol–water partition coefficient (Wildman–Crippen LogP) is 2.16. The summed E-state index contributed by atoms with van der Waals surface area (Å²) in [5.41, 5.74) is 3.37. The monoisotopic (exact) mass is 230 g/mol. The molecule has 80 valence electrons. The quantitative estimate of drug-likeness (QED) is 0.753. The molecule has 1 aliphatic rings. The fourth-order valence-corrected chi connectivity index (χ4v) is 2.73. The van der Waals surface area contributed by atoms with E-state index in [1.807, 2.05) is 12.1 Å². The van der Waals surface area contributed by atoms with E-state index >= 15 is 0 Å². The van der Waals surface area contributed by atoms with Crippen LogP contribution in [0.2, 0.25) is 0 Å². The summed E-state index contributed by atoms with van der Waals surface area (Å²) in [5.74, 6) is 0. The van der Waals surface area contributed by atoms with Gasteiger partial charge >= 0.3 is 0 Å². The van der Waals surface area contributed by atoms with Crippen LogP contribution in [0.1, 0.15) is 18.4 Å². The van der Waals surface area contributed by atoms with Gasteiger partial charge in [0.25, 0.3) is 0 Å². The first-order valence-corrected chi connectivity index (χ1v) is 6.03.